The Labute approximate surface area is 104 Å². The maximum Gasteiger partial charge on any atom is 0.127 e. The lowest BCUT2D eigenvalue weighted by Gasteiger charge is -2.26. The maximum atomic E-state index is 4.21. The minimum Gasteiger partial charge on any atom is -0.385 e. The monoisotopic (exact) mass is 233 g/mol. The number of anilines is 2. The molecular weight excluding hydrogens is 210 g/mol. The second-order valence-corrected chi connectivity index (χ2v) is 5.19. The van der Waals surface area contributed by atoms with Crippen LogP contribution in [0.4, 0.5) is 11.5 Å². The van der Waals surface area contributed by atoms with Crippen LogP contribution in [0.3, 0.4) is 0 Å². The molecule has 0 radical (unpaired) electrons. The lowest BCUT2D eigenvalue weighted by molar-refractivity contribution is 0.300. The quantitative estimate of drug-likeness (QED) is 0.837. The van der Waals surface area contributed by atoms with Gasteiger partial charge in [0, 0.05) is 31.5 Å². The van der Waals surface area contributed by atoms with E-state index in [1.807, 2.05) is 19.3 Å². The van der Waals surface area contributed by atoms with Crippen molar-refractivity contribution in [2.24, 2.45) is 11.8 Å². The largest absolute Gasteiger partial charge is 0.385 e. The van der Waals surface area contributed by atoms with Gasteiger partial charge in [0.1, 0.15) is 5.82 Å². The van der Waals surface area contributed by atoms with E-state index in [0.29, 0.717) is 0 Å². The van der Waals surface area contributed by atoms with Gasteiger partial charge in [-0.3, -0.25) is 0 Å². The van der Waals surface area contributed by atoms with E-state index >= 15 is 0 Å². The Bertz CT molecular complexity index is 343. The van der Waals surface area contributed by atoms with Crippen molar-refractivity contribution in [3.63, 3.8) is 0 Å². The van der Waals surface area contributed by atoms with Gasteiger partial charge >= 0.3 is 0 Å². The summed E-state index contributed by atoms with van der Waals surface area (Å²) < 4.78 is 0. The molecule has 1 aliphatic carbocycles. The first kappa shape index (κ1) is 12.2. The molecule has 94 valence electrons. The molecule has 0 aromatic carbocycles. The molecule has 1 fully saturated rings. The van der Waals surface area contributed by atoms with Gasteiger partial charge in [-0.1, -0.05) is 19.8 Å². The predicted octanol–water partition coefficient (Wildman–Crippen LogP) is 3.36. The Kier molecular flexibility index (Phi) is 4.24. The SMILES string of the molecule is CNc1cc(NCC2CCC(C)CC2)ccn1. The van der Waals surface area contributed by atoms with Gasteiger partial charge in [-0.15, -0.1) is 0 Å². The summed E-state index contributed by atoms with van der Waals surface area (Å²) in [6.07, 6.45) is 7.38. The van der Waals surface area contributed by atoms with Gasteiger partial charge in [0.25, 0.3) is 0 Å². The van der Waals surface area contributed by atoms with Crippen LogP contribution >= 0.6 is 0 Å². The molecule has 3 nitrogen and oxygen atoms in total. The summed E-state index contributed by atoms with van der Waals surface area (Å²) in [4.78, 5) is 4.21. The number of aromatic nitrogens is 1. The number of pyridine rings is 1. The van der Waals surface area contributed by atoms with Gasteiger partial charge < -0.3 is 10.6 Å². The summed E-state index contributed by atoms with van der Waals surface area (Å²) in [6, 6.07) is 4.09. The molecule has 1 aromatic heterocycles. The molecule has 0 aliphatic heterocycles. The summed E-state index contributed by atoms with van der Waals surface area (Å²) in [5.41, 5.74) is 1.17. The molecule has 17 heavy (non-hydrogen) atoms. The molecule has 0 amide bonds. The molecule has 2 rings (SSSR count). The Balaban J connectivity index is 1.81. The number of nitrogens with one attached hydrogen (secondary N) is 2. The lowest BCUT2D eigenvalue weighted by Crippen LogP contribution is -2.20. The first-order valence-electron chi connectivity index (χ1n) is 6.65. The fourth-order valence-corrected chi connectivity index (χ4v) is 2.47. The Morgan fingerprint density at radius 1 is 1.29 bits per heavy atom. The van der Waals surface area contributed by atoms with E-state index in [0.717, 1.165) is 24.2 Å². The van der Waals surface area contributed by atoms with Gasteiger partial charge in [-0.25, -0.2) is 4.98 Å². The number of hydrogen-bond acceptors (Lipinski definition) is 3. The third kappa shape index (κ3) is 3.62. The van der Waals surface area contributed by atoms with E-state index < -0.39 is 0 Å². The highest BCUT2D eigenvalue weighted by Crippen LogP contribution is 2.28. The van der Waals surface area contributed by atoms with E-state index in [9.17, 15) is 0 Å². The minimum atomic E-state index is 0.845. The van der Waals surface area contributed by atoms with Crippen molar-refractivity contribution < 1.29 is 0 Å². The molecule has 1 saturated carbocycles. The summed E-state index contributed by atoms with van der Waals surface area (Å²) in [6.45, 7) is 3.46. The third-order valence-electron chi connectivity index (χ3n) is 3.75. The average Bonchev–Trinajstić information content (AvgIpc) is 2.38. The van der Waals surface area contributed by atoms with E-state index in [1.54, 1.807) is 0 Å². The van der Waals surface area contributed by atoms with Crippen molar-refractivity contribution in [1.82, 2.24) is 4.98 Å². The van der Waals surface area contributed by atoms with Gasteiger partial charge in [0.15, 0.2) is 0 Å². The van der Waals surface area contributed by atoms with Crippen LogP contribution in [0, 0.1) is 11.8 Å². The van der Waals surface area contributed by atoms with E-state index in [-0.39, 0.29) is 0 Å². The average molecular weight is 233 g/mol. The number of nitrogens with zero attached hydrogens (tertiary/aromatic N) is 1. The molecule has 3 heteroatoms. The van der Waals surface area contributed by atoms with E-state index in [1.165, 1.54) is 31.4 Å². The number of hydrogen-bond donors (Lipinski definition) is 2. The van der Waals surface area contributed by atoms with Crippen LogP contribution < -0.4 is 10.6 Å². The Morgan fingerprint density at radius 3 is 2.76 bits per heavy atom. The molecule has 0 unspecified atom stereocenters. The molecule has 0 atom stereocenters. The Morgan fingerprint density at radius 2 is 2.06 bits per heavy atom. The zero-order valence-electron chi connectivity index (χ0n) is 10.9. The molecule has 0 bridgehead atoms. The lowest BCUT2D eigenvalue weighted by atomic mass is 9.83. The molecule has 1 heterocycles. The summed E-state index contributed by atoms with van der Waals surface area (Å²) in [5, 5.41) is 6.58. The van der Waals surface area contributed by atoms with Crippen molar-refractivity contribution in [1.29, 1.82) is 0 Å². The van der Waals surface area contributed by atoms with Crippen LogP contribution in [0.15, 0.2) is 18.3 Å². The van der Waals surface area contributed by atoms with Gasteiger partial charge in [0.05, 0.1) is 0 Å². The summed E-state index contributed by atoms with van der Waals surface area (Å²) in [7, 11) is 1.90. The van der Waals surface area contributed by atoms with Crippen molar-refractivity contribution in [2.45, 2.75) is 32.6 Å². The first-order valence-corrected chi connectivity index (χ1v) is 6.65. The fraction of sp³-hybridized carbons (Fsp3) is 0.643. The zero-order valence-corrected chi connectivity index (χ0v) is 10.9. The maximum absolute atomic E-state index is 4.21. The second kappa shape index (κ2) is 5.89. The molecule has 2 N–H and O–H groups in total. The number of rotatable bonds is 4. The molecule has 0 saturated heterocycles. The van der Waals surface area contributed by atoms with Gasteiger partial charge in [-0.05, 0) is 30.7 Å². The zero-order chi connectivity index (χ0) is 12.1. The molecular formula is C14H23N3. The van der Waals surface area contributed by atoms with Crippen LogP contribution in [-0.2, 0) is 0 Å². The second-order valence-electron chi connectivity index (χ2n) is 5.19. The topological polar surface area (TPSA) is 37.0 Å². The van der Waals surface area contributed by atoms with Crippen LogP contribution in [-0.4, -0.2) is 18.6 Å². The highest BCUT2D eigenvalue weighted by Gasteiger charge is 2.17. The standard InChI is InChI=1S/C14H23N3/c1-11-3-5-12(6-4-11)10-17-13-7-8-16-14(9-13)15-2/h7-9,11-12H,3-6,10H2,1-2H3,(H2,15,16,17). The van der Waals surface area contributed by atoms with Crippen LogP contribution in [0.25, 0.3) is 0 Å². The third-order valence-corrected chi connectivity index (χ3v) is 3.75. The van der Waals surface area contributed by atoms with Gasteiger partial charge in [-0.2, -0.15) is 0 Å². The van der Waals surface area contributed by atoms with Crippen molar-refractivity contribution in [3.8, 4) is 0 Å². The molecule has 1 aliphatic rings. The molecule has 1 aromatic rings. The normalized spacial score (nSPS) is 24.4. The highest BCUT2D eigenvalue weighted by atomic mass is 15.0. The summed E-state index contributed by atoms with van der Waals surface area (Å²) >= 11 is 0. The molecule has 0 spiro atoms. The Hall–Kier alpha value is -1.25. The first-order chi connectivity index (χ1) is 8.28. The predicted molar refractivity (Wildman–Crippen MR) is 73.4 cm³/mol. The van der Waals surface area contributed by atoms with Crippen LogP contribution in [0.5, 0.6) is 0 Å². The van der Waals surface area contributed by atoms with Gasteiger partial charge in [0.2, 0.25) is 0 Å². The van der Waals surface area contributed by atoms with E-state index in [4.69, 9.17) is 0 Å². The highest BCUT2D eigenvalue weighted by molar-refractivity contribution is 5.51. The van der Waals surface area contributed by atoms with Crippen LogP contribution in [0.2, 0.25) is 0 Å². The van der Waals surface area contributed by atoms with E-state index in [2.05, 4.69) is 28.6 Å². The van der Waals surface area contributed by atoms with Crippen molar-refractivity contribution in [3.05, 3.63) is 18.3 Å². The smallest absolute Gasteiger partial charge is 0.127 e. The summed E-state index contributed by atoms with van der Waals surface area (Å²) in [5.74, 6) is 2.70. The minimum absolute atomic E-state index is 0.845. The fourth-order valence-electron chi connectivity index (χ4n) is 2.47. The van der Waals surface area contributed by atoms with Crippen molar-refractivity contribution in [2.75, 3.05) is 24.2 Å². The van der Waals surface area contributed by atoms with Crippen molar-refractivity contribution >= 4 is 11.5 Å². The van der Waals surface area contributed by atoms with Crippen LogP contribution in [0.1, 0.15) is 32.6 Å².